The van der Waals surface area contributed by atoms with Crippen molar-refractivity contribution < 1.29 is 9.90 Å². The zero-order chi connectivity index (χ0) is 10.8. The largest absolute Gasteiger partial charge is 0.478 e. The minimum absolute atomic E-state index is 0.332. The third-order valence-corrected chi connectivity index (χ3v) is 3.11. The Morgan fingerprint density at radius 3 is 2.93 bits per heavy atom. The number of aryl methyl sites for hydroxylation is 1. The highest BCUT2D eigenvalue weighted by Gasteiger charge is 2.09. The first kappa shape index (κ1) is 9.86. The molecule has 2 aromatic rings. The third-order valence-electron chi connectivity index (χ3n) is 2.15. The number of aromatic nitrogens is 1. The molecule has 2 heterocycles. The Bertz CT molecular complexity index is 505. The van der Waals surface area contributed by atoms with E-state index in [4.69, 9.17) is 5.11 Å². The lowest BCUT2D eigenvalue weighted by Gasteiger charge is -2.00. The van der Waals surface area contributed by atoms with E-state index in [1.807, 2.05) is 13.0 Å². The lowest BCUT2D eigenvalue weighted by atomic mass is 10.1. The van der Waals surface area contributed by atoms with Crippen LogP contribution in [-0.2, 0) is 0 Å². The van der Waals surface area contributed by atoms with Gasteiger partial charge in [-0.2, -0.15) is 0 Å². The normalized spacial score (nSPS) is 10.2. The van der Waals surface area contributed by atoms with Crippen LogP contribution in [0, 0.1) is 6.92 Å². The number of carboxylic acids is 1. The number of nitrogens with zero attached hydrogens (tertiary/aromatic N) is 1. The summed E-state index contributed by atoms with van der Waals surface area (Å²) in [5.41, 5.74) is 2.43. The first-order valence-corrected chi connectivity index (χ1v) is 5.29. The van der Waals surface area contributed by atoms with Crippen LogP contribution in [0.5, 0.6) is 0 Å². The van der Waals surface area contributed by atoms with Crippen LogP contribution in [0.4, 0.5) is 0 Å². The van der Waals surface area contributed by atoms with Gasteiger partial charge < -0.3 is 5.11 Å². The lowest BCUT2D eigenvalue weighted by Crippen LogP contribution is -1.91. The van der Waals surface area contributed by atoms with E-state index in [0.717, 1.165) is 16.0 Å². The zero-order valence-electron chi connectivity index (χ0n) is 8.10. The van der Waals surface area contributed by atoms with Gasteiger partial charge in [-0.3, -0.25) is 4.98 Å². The molecule has 0 aliphatic heterocycles. The quantitative estimate of drug-likeness (QED) is 0.844. The third kappa shape index (κ3) is 1.89. The van der Waals surface area contributed by atoms with Crippen molar-refractivity contribution in [2.45, 2.75) is 6.92 Å². The number of carboxylic acid groups (broad SMARTS) is 1. The van der Waals surface area contributed by atoms with Gasteiger partial charge >= 0.3 is 5.97 Å². The molecule has 0 radical (unpaired) electrons. The fraction of sp³-hybridized carbons (Fsp3) is 0.0909. The Hall–Kier alpha value is -1.68. The SMILES string of the molecule is Cc1ccncc1-c1cc(C(=O)O)cs1. The van der Waals surface area contributed by atoms with Crippen LogP contribution in [0.2, 0.25) is 0 Å². The number of hydrogen-bond donors (Lipinski definition) is 1. The van der Waals surface area contributed by atoms with E-state index in [1.165, 1.54) is 11.3 Å². The molecule has 1 N–H and O–H groups in total. The van der Waals surface area contributed by atoms with E-state index in [-0.39, 0.29) is 0 Å². The molecule has 0 aliphatic carbocycles. The first-order valence-electron chi connectivity index (χ1n) is 4.41. The fourth-order valence-electron chi connectivity index (χ4n) is 1.31. The molecule has 0 aliphatic rings. The molecule has 0 aromatic carbocycles. The standard InChI is InChI=1S/C11H9NO2S/c1-7-2-3-12-5-9(7)10-4-8(6-15-10)11(13)14/h2-6H,1H3,(H,13,14). The van der Waals surface area contributed by atoms with Gasteiger partial charge in [0.2, 0.25) is 0 Å². The number of aromatic carboxylic acids is 1. The summed E-state index contributed by atoms with van der Waals surface area (Å²) >= 11 is 1.42. The molecule has 3 nitrogen and oxygen atoms in total. The molecule has 0 unspecified atom stereocenters. The number of thiophene rings is 1. The minimum Gasteiger partial charge on any atom is -0.478 e. The summed E-state index contributed by atoms with van der Waals surface area (Å²) in [4.78, 5) is 15.7. The van der Waals surface area contributed by atoms with Gasteiger partial charge in [0, 0.05) is 28.2 Å². The molecule has 0 amide bonds. The topological polar surface area (TPSA) is 50.2 Å². The number of carbonyl (C=O) groups is 1. The summed E-state index contributed by atoms with van der Waals surface area (Å²) in [6, 6.07) is 3.59. The Labute approximate surface area is 91.0 Å². The van der Waals surface area contributed by atoms with Gasteiger partial charge in [0.1, 0.15) is 0 Å². The van der Waals surface area contributed by atoms with Gasteiger partial charge in [0.25, 0.3) is 0 Å². The summed E-state index contributed by atoms with van der Waals surface area (Å²) in [6.45, 7) is 1.98. The summed E-state index contributed by atoms with van der Waals surface area (Å²) in [5, 5.41) is 10.4. The molecule has 76 valence electrons. The van der Waals surface area contributed by atoms with E-state index >= 15 is 0 Å². The Morgan fingerprint density at radius 1 is 1.53 bits per heavy atom. The van der Waals surface area contributed by atoms with Crippen molar-refractivity contribution in [3.63, 3.8) is 0 Å². The van der Waals surface area contributed by atoms with E-state index in [0.29, 0.717) is 5.56 Å². The Morgan fingerprint density at radius 2 is 2.33 bits per heavy atom. The van der Waals surface area contributed by atoms with Crippen molar-refractivity contribution in [2.75, 3.05) is 0 Å². The second-order valence-electron chi connectivity index (χ2n) is 3.20. The van der Waals surface area contributed by atoms with E-state index in [2.05, 4.69) is 4.98 Å². The van der Waals surface area contributed by atoms with Crippen molar-refractivity contribution in [2.24, 2.45) is 0 Å². The van der Waals surface area contributed by atoms with Gasteiger partial charge in [-0.15, -0.1) is 11.3 Å². The molecule has 0 bridgehead atoms. The summed E-state index contributed by atoms with van der Waals surface area (Å²) in [7, 11) is 0. The first-order chi connectivity index (χ1) is 7.18. The van der Waals surface area contributed by atoms with Crippen molar-refractivity contribution in [1.82, 2.24) is 4.98 Å². The maximum Gasteiger partial charge on any atom is 0.336 e. The molecule has 2 rings (SSSR count). The molecule has 15 heavy (non-hydrogen) atoms. The van der Waals surface area contributed by atoms with Crippen molar-refractivity contribution in [1.29, 1.82) is 0 Å². The minimum atomic E-state index is -0.890. The summed E-state index contributed by atoms with van der Waals surface area (Å²) in [6.07, 6.45) is 3.48. The average molecular weight is 219 g/mol. The molecule has 0 atom stereocenters. The fourth-order valence-corrected chi connectivity index (χ4v) is 2.27. The second-order valence-corrected chi connectivity index (χ2v) is 4.11. The predicted molar refractivity (Wildman–Crippen MR) is 59.2 cm³/mol. The smallest absolute Gasteiger partial charge is 0.336 e. The number of pyridine rings is 1. The Balaban J connectivity index is 2.46. The molecule has 0 fully saturated rings. The van der Waals surface area contributed by atoms with Crippen LogP contribution in [0.15, 0.2) is 29.9 Å². The number of rotatable bonds is 2. The van der Waals surface area contributed by atoms with Gasteiger partial charge in [-0.1, -0.05) is 0 Å². The maximum absolute atomic E-state index is 10.7. The molecule has 0 spiro atoms. The predicted octanol–water partition coefficient (Wildman–Crippen LogP) is 2.82. The van der Waals surface area contributed by atoms with Gasteiger partial charge in [0.05, 0.1) is 5.56 Å². The molecular formula is C11H9NO2S. The van der Waals surface area contributed by atoms with Crippen molar-refractivity contribution in [3.8, 4) is 10.4 Å². The van der Waals surface area contributed by atoms with E-state index in [9.17, 15) is 4.79 Å². The van der Waals surface area contributed by atoms with E-state index in [1.54, 1.807) is 23.8 Å². The van der Waals surface area contributed by atoms with Crippen LogP contribution in [0.1, 0.15) is 15.9 Å². The number of hydrogen-bond acceptors (Lipinski definition) is 3. The molecule has 0 saturated heterocycles. The summed E-state index contributed by atoms with van der Waals surface area (Å²) < 4.78 is 0. The zero-order valence-corrected chi connectivity index (χ0v) is 8.91. The van der Waals surface area contributed by atoms with Gasteiger partial charge in [-0.25, -0.2) is 4.79 Å². The lowest BCUT2D eigenvalue weighted by molar-refractivity contribution is 0.0697. The second kappa shape index (κ2) is 3.82. The van der Waals surface area contributed by atoms with Gasteiger partial charge in [-0.05, 0) is 24.6 Å². The Kier molecular flexibility index (Phi) is 2.51. The highest BCUT2D eigenvalue weighted by atomic mass is 32.1. The average Bonchev–Trinajstić information content (AvgIpc) is 2.67. The highest BCUT2D eigenvalue weighted by molar-refractivity contribution is 7.13. The van der Waals surface area contributed by atoms with Crippen LogP contribution in [-0.4, -0.2) is 16.1 Å². The maximum atomic E-state index is 10.7. The summed E-state index contributed by atoms with van der Waals surface area (Å²) in [5.74, 6) is -0.890. The van der Waals surface area contributed by atoms with Gasteiger partial charge in [0.15, 0.2) is 0 Å². The van der Waals surface area contributed by atoms with E-state index < -0.39 is 5.97 Å². The highest BCUT2D eigenvalue weighted by Crippen LogP contribution is 2.28. The molecule has 2 aromatic heterocycles. The molecule has 4 heteroatoms. The monoisotopic (exact) mass is 219 g/mol. The molecule has 0 saturated carbocycles. The molecular weight excluding hydrogens is 210 g/mol. The van der Waals surface area contributed by atoms with Crippen molar-refractivity contribution >= 4 is 17.3 Å². The van der Waals surface area contributed by atoms with Crippen LogP contribution in [0.3, 0.4) is 0 Å². The van der Waals surface area contributed by atoms with Crippen LogP contribution in [0.25, 0.3) is 10.4 Å². The van der Waals surface area contributed by atoms with Crippen LogP contribution < -0.4 is 0 Å². The van der Waals surface area contributed by atoms with Crippen molar-refractivity contribution in [3.05, 3.63) is 41.0 Å². The van der Waals surface area contributed by atoms with Crippen LogP contribution >= 0.6 is 11.3 Å².